The average Bonchev–Trinajstić information content (AvgIpc) is 3.13. The predicted molar refractivity (Wildman–Crippen MR) is 88.3 cm³/mol. The van der Waals surface area contributed by atoms with Gasteiger partial charge in [0.25, 0.3) is 5.91 Å². The fraction of sp³-hybridized carbons (Fsp3) is 0.125. The van der Waals surface area contributed by atoms with Gasteiger partial charge in [0.1, 0.15) is 5.69 Å². The molecule has 2 aromatic heterocycles. The number of benzene rings is 1. The molecule has 8 nitrogen and oxygen atoms in total. The number of nitrogens with one attached hydrogen (secondary N) is 1. The Balaban J connectivity index is 2.02. The van der Waals surface area contributed by atoms with E-state index in [0.717, 1.165) is 0 Å². The van der Waals surface area contributed by atoms with Crippen molar-refractivity contribution in [2.45, 2.75) is 0 Å². The standard InChI is InChI=1S/C16H16N6O2/c1-21-9-12(10-5-3-4-6-11(10)14(17)23)15(20-21)19-16(24)13-7-8-18-22(13)2/h3-9H,1-2H3,(H2,17,23)(H,19,20,24). The fourth-order valence-corrected chi connectivity index (χ4v) is 2.48. The van der Waals surface area contributed by atoms with Gasteiger partial charge < -0.3 is 11.1 Å². The Kier molecular flexibility index (Phi) is 3.87. The van der Waals surface area contributed by atoms with Crippen LogP contribution in [0.1, 0.15) is 20.8 Å². The summed E-state index contributed by atoms with van der Waals surface area (Å²) in [5.41, 5.74) is 7.43. The number of nitrogens with two attached hydrogens (primary N) is 1. The molecular weight excluding hydrogens is 308 g/mol. The second kappa shape index (κ2) is 5.99. The topological polar surface area (TPSA) is 108 Å². The molecule has 3 N–H and O–H groups in total. The number of carbonyl (C=O) groups excluding carboxylic acids is 2. The minimum absolute atomic E-state index is 0.341. The van der Waals surface area contributed by atoms with E-state index < -0.39 is 5.91 Å². The number of hydrogen-bond donors (Lipinski definition) is 2. The van der Waals surface area contributed by atoms with Crippen LogP contribution in [0.2, 0.25) is 0 Å². The molecule has 0 saturated heterocycles. The maximum absolute atomic E-state index is 12.4. The number of rotatable bonds is 4. The van der Waals surface area contributed by atoms with E-state index in [1.165, 1.54) is 10.9 Å². The van der Waals surface area contributed by atoms with E-state index in [2.05, 4.69) is 15.5 Å². The van der Waals surface area contributed by atoms with Crippen molar-refractivity contribution in [1.29, 1.82) is 0 Å². The van der Waals surface area contributed by atoms with Crippen molar-refractivity contribution < 1.29 is 9.59 Å². The van der Waals surface area contributed by atoms with Crippen molar-refractivity contribution in [2.75, 3.05) is 5.32 Å². The zero-order valence-electron chi connectivity index (χ0n) is 13.2. The second-order valence-electron chi connectivity index (χ2n) is 5.27. The van der Waals surface area contributed by atoms with E-state index in [1.807, 2.05) is 0 Å². The zero-order valence-corrected chi connectivity index (χ0v) is 13.2. The molecule has 0 saturated carbocycles. The zero-order chi connectivity index (χ0) is 17.3. The van der Waals surface area contributed by atoms with Crippen molar-refractivity contribution in [3.05, 3.63) is 54.0 Å². The molecule has 0 aliphatic carbocycles. The van der Waals surface area contributed by atoms with Gasteiger partial charge in [0, 0.05) is 37.6 Å². The lowest BCUT2D eigenvalue weighted by molar-refractivity contribution is 0.0997. The highest BCUT2D eigenvalue weighted by Gasteiger charge is 2.19. The number of primary amides is 1. The summed E-state index contributed by atoms with van der Waals surface area (Å²) in [7, 11) is 3.41. The van der Waals surface area contributed by atoms with Crippen LogP contribution in [-0.4, -0.2) is 31.4 Å². The lowest BCUT2D eigenvalue weighted by Crippen LogP contribution is -2.17. The van der Waals surface area contributed by atoms with Crippen LogP contribution in [0, 0.1) is 0 Å². The number of anilines is 1. The smallest absolute Gasteiger partial charge is 0.275 e. The first-order chi connectivity index (χ1) is 11.5. The SMILES string of the molecule is Cn1cc(-c2ccccc2C(N)=O)c(NC(=O)c2ccnn2C)n1. The molecule has 0 aliphatic heterocycles. The van der Waals surface area contributed by atoms with Crippen molar-refractivity contribution >= 4 is 17.6 Å². The van der Waals surface area contributed by atoms with Gasteiger partial charge in [-0.2, -0.15) is 10.2 Å². The Morgan fingerprint density at radius 3 is 2.54 bits per heavy atom. The lowest BCUT2D eigenvalue weighted by Gasteiger charge is -2.08. The highest BCUT2D eigenvalue weighted by atomic mass is 16.2. The first-order valence-corrected chi connectivity index (χ1v) is 7.19. The number of nitrogens with zero attached hydrogens (tertiary/aromatic N) is 4. The van der Waals surface area contributed by atoms with Crippen LogP contribution >= 0.6 is 0 Å². The number of carbonyl (C=O) groups is 2. The molecule has 3 rings (SSSR count). The summed E-state index contributed by atoms with van der Waals surface area (Å²) >= 11 is 0. The largest absolute Gasteiger partial charge is 0.366 e. The maximum atomic E-state index is 12.4. The Bertz CT molecular complexity index is 924. The molecule has 0 fully saturated rings. The number of amides is 2. The highest BCUT2D eigenvalue weighted by Crippen LogP contribution is 2.29. The van der Waals surface area contributed by atoms with Gasteiger partial charge in [-0.3, -0.25) is 19.0 Å². The Morgan fingerprint density at radius 2 is 1.88 bits per heavy atom. The average molecular weight is 324 g/mol. The third-order valence-corrected chi connectivity index (χ3v) is 3.60. The summed E-state index contributed by atoms with van der Waals surface area (Å²) < 4.78 is 3.03. The summed E-state index contributed by atoms with van der Waals surface area (Å²) in [6, 6.07) is 8.53. The summed E-state index contributed by atoms with van der Waals surface area (Å²) in [6.45, 7) is 0. The molecule has 24 heavy (non-hydrogen) atoms. The van der Waals surface area contributed by atoms with Crippen molar-refractivity contribution in [2.24, 2.45) is 19.8 Å². The van der Waals surface area contributed by atoms with Gasteiger partial charge in [-0.05, 0) is 17.7 Å². The molecular formula is C16H16N6O2. The third-order valence-electron chi connectivity index (χ3n) is 3.60. The van der Waals surface area contributed by atoms with E-state index in [-0.39, 0.29) is 5.91 Å². The molecule has 0 radical (unpaired) electrons. The van der Waals surface area contributed by atoms with Gasteiger partial charge in [-0.1, -0.05) is 18.2 Å². The molecule has 0 bridgehead atoms. The Hall–Kier alpha value is -3.42. The summed E-state index contributed by atoms with van der Waals surface area (Å²) in [5.74, 6) is -0.540. The van der Waals surface area contributed by atoms with E-state index in [1.54, 1.807) is 55.3 Å². The number of hydrogen-bond acceptors (Lipinski definition) is 4. The monoisotopic (exact) mass is 324 g/mol. The van der Waals surface area contributed by atoms with Crippen LogP contribution in [-0.2, 0) is 14.1 Å². The minimum atomic E-state index is -0.543. The van der Waals surface area contributed by atoms with Gasteiger partial charge in [-0.25, -0.2) is 0 Å². The highest BCUT2D eigenvalue weighted by molar-refractivity contribution is 6.06. The molecule has 1 aromatic carbocycles. The Morgan fingerprint density at radius 1 is 1.12 bits per heavy atom. The van der Waals surface area contributed by atoms with Gasteiger partial charge in [-0.15, -0.1) is 0 Å². The van der Waals surface area contributed by atoms with Crippen LogP contribution in [0.25, 0.3) is 11.1 Å². The molecule has 0 atom stereocenters. The molecule has 2 heterocycles. The van der Waals surface area contributed by atoms with E-state index >= 15 is 0 Å². The van der Waals surface area contributed by atoms with Gasteiger partial charge >= 0.3 is 0 Å². The summed E-state index contributed by atoms with van der Waals surface area (Å²) in [4.78, 5) is 24.1. The predicted octanol–water partition coefficient (Wildman–Crippen LogP) is 1.17. The lowest BCUT2D eigenvalue weighted by atomic mass is 10.0. The fourth-order valence-electron chi connectivity index (χ4n) is 2.48. The van der Waals surface area contributed by atoms with E-state index in [0.29, 0.717) is 28.2 Å². The quantitative estimate of drug-likeness (QED) is 0.751. The van der Waals surface area contributed by atoms with Gasteiger partial charge in [0.2, 0.25) is 5.91 Å². The molecule has 3 aromatic rings. The maximum Gasteiger partial charge on any atom is 0.275 e. The third kappa shape index (κ3) is 2.76. The van der Waals surface area contributed by atoms with Gasteiger partial charge in [0.15, 0.2) is 5.82 Å². The van der Waals surface area contributed by atoms with Crippen LogP contribution in [0.4, 0.5) is 5.82 Å². The second-order valence-corrected chi connectivity index (χ2v) is 5.27. The molecule has 2 amide bonds. The normalized spacial score (nSPS) is 10.6. The van der Waals surface area contributed by atoms with Crippen molar-refractivity contribution in [3.63, 3.8) is 0 Å². The molecule has 0 aliphatic rings. The van der Waals surface area contributed by atoms with Crippen LogP contribution in [0.3, 0.4) is 0 Å². The van der Waals surface area contributed by atoms with Crippen LogP contribution in [0.15, 0.2) is 42.7 Å². The minimum Gasteiger partial charge on any atom is -0.366 e. The van der Waals surface area contributed by atoms with Crippen molar-refractivity contribution in [1.82, 2.24) is 19.6 Å². The molecule has 122 valence electrons. The van der Waals surface area contributed by atoms with E-state index in [4.69, 9.17) is 5.73 Å². The molecule has 0 spiro atoms. The molecule has 8 heteroatoms. The van der Waals surface area contributed by atoms with E-state index in [9.17, 15) is 9.59 Å². The first kappa shape index (κ1) is 15.5. The number of aryl methyl sites for hydroxylation is 2. The van der Waals surface area contributed by atoms with Crippen LogP contribution < -0.4 is 11.1 Å². The van der Waals surface area contributed by atoms with Crippen LogP contribution in [0.5, 0.6) is 0 Å². The molecule has 0 unspecified atom stereocenters. The summed E-state index contributed by atoms with van der Waals surface area (Å²) in [5, 5.41) is 11.0. The van der Waals surface area contributed by atoms with Gasteiger partial charge in [0.05, 0.1) is 0 Å². The Labute approximate surface area is 137 Å². The summed E-state index contributed by atoms with van der Waals surface area (Å²) in [6.07, 6.45) is 3.26. The number of aromatic nitrogens is 4. The van der Waals surface area contributed by atoms with Crippen molar-refractivity contribution in [3.8, 4) is 11.1 Å². The first-order valence-electron chi connectivity index (χ1n) is 7.19.